The Morgan fingerprint density at radius 1 is 1.03 bits per heavy atom. The van der Waals surface area contributed by atoms with Gasteiger partial charge >= 0.3 is 0 Å². The van der Waals surface area contributed by atoms with E-state index < -0.39 is 11.3 Å². The van der Waals surface area contributed by atoms with E-state index in [1.807, 2.05) is 20.8 Å². The number of benzene rings is 2. The minimum Gasteiger partial charge on any atom is -0.364 e. The van der Waals surface area contributed by atoms with E-state index >= 15 is 0 Å². The third-order valence-corrected chi connectivity index (χ3v) is 4.83. The molecular formula is C21H20Cl2N4O2. The van der Waals surface area contributed by atoms with Gasteiger partial charge in [-0.15, -0.1) is 0 Å². The summed E-state index contributed by atoms with van der Waals surface area (Å²) in [5, 5.41) is 8.10. The number of carbonyl (C=O) groups excluding carboxylic acids is 2. The van der Waals surface area contributed by atoms with Crippen molar-refractivity contribution in [1.29, 1.82) is 0 Å². The average molecular weight is 431 g/mol. The van der Waals surface area contributed by atoms with E-state index in [0.717, 1.165) is 0 Å². The first-order chi connectivity index (χ1) is 13.6. The first-order valence-electron chi connectivity index (χ1n) is 8.83. The van der Waals surface area contributed by atoms with Crippen molar-refractivity contribution < 1.29 is 9.59 Å². The lowest BCUT2D eigenvalue weighted by molar-refractivity contribution is 0.0858. The van der Waals surface area contributed by atoms with Gasteiger partial charge in [0.15, 0.2) is 11.5 Å². The normalized spacial score (nSPS) is 11.3. The van der Waals surface area contributed by atoms with Crippen LogP contribution in [0.25, 0.3) is 5.69 Å². The van der Waals surface area contributed by atoms with Gasteiger partial charge < -0.3 is 11.1 Å². The molecule has 3 aromatic rings. The molecular weight excluding hydrogens is 411 g/mol. The van der Waals surface area contributed by atoms with E-state index in [9.17, 15) is 9.59 Å². The number of carbonyl (C=O) groups is 2. The number of hydrogen-bond donors (Lipinski definition) is 2. The number of nitrogens with zero attached hydrogens (tertiary/aromatic N) is 2. The molecule has 1 heterocycles. The zero-order chi connectivity index (χ0) is 21.3. The molecule has 0 fully saturated rings. The Morgan fingerprint density at radius 2 is 1.62 bits per heavy atom. The third-order valence-electron chi connectivity index (χ3n) is 4.22. The number of rotatable bonds is 5. The number of primary amides is 1. The smallest absolute Gasteiger partial charge is 0.271 e. The Hall–Kier alpha value is -2.83. The molecule has 2 aromatic carbocycles. The van der Waals surface area contributed by atoms with Crippen LogP contribution in [0.3, 0.4) is 0 Å². The van der Waals surface area contributed by atoms with Crippen LogP contribution in [0.15, 0.2) is 48.7 Å². The second kappa shape index (κ2) is 7.89. The molecule has 150 valence electrons. The van der Waals surface area contributed by atoms with E-state index in [1.165, 1.54) is 4.68 Å². The third kappa shape index (κ3) is 4.44. The van der Waals surface area contributed by atoms with Gasteiger partial charge in [-0.25, -0.2) is 4.68 Å². The maximum atomic E-state index is 12.4. The number of aromatic nitrogens is 2. The average Bonchev–Trinajstić information content (AvgIpc) is 3.04. The molecule has 0 aliphatic rings. The Balaban J connectivity index is 1.94. The number of ketones is 1. The number of amides is 1. The molecule has 0 bridgehead atoms. The quantitative estimate of drug-likeness (QED) is 0.540. The number of hydrogen-bond acceptors (Lipinski definition) is 4. The van der Waals surface area contributed by atoms with Gasteiger partial charge in [-0.1, -0.05) is 50.0 Å². The molecule has 8 heteroatoms. The predicted octanol–water partition coefficient (Wildman–Crippen LogP) is 5.25. The molecule has 1 amide bonds. The highest BCUT2D eigenvalue weighted by molar-refractivity contribution is 6.37. The topological polar surface area (TPSA) is 90.0 Å². The molecule has 0 spiro atoms. The van der Waals surface area contributed by atoms with Gasteiger partial charge in [0.1, 0.15) is 5.69 Å². The van der Waals surface area contributed by atoms with Crippen molar-refractivity contribution in [2.24, 2.45) is 11.1 Å². The summed E-state index contributed by atoms with van der Waals surface area (Å²) in [5.41, 5.74) is 7.16. The van der Waals surface area contributed by atoms with E-state index in [-0.39, 0.29) is 11.5 Å². The lowest BCUT2D eigenvalue weighted by Crippen LogP contribution is -2.20. The number of halogens is 2. The van der Waals surface area contributed by atoms with E-state index in [4.69, 9.17) is 28.9 Å². The molecule has 0 aliphatic carbocycles. The summed E-state index contributed by atoms with van der Waals surface area (Å²) in [6.45, 7) is 5.61. The lowest BCUT2D eigenvalue weighted by Gasteiger charge is -2.16. The SMILES string of the molecule is CC(C)(C)C(=O)c1ccc(Nc2cn(-c3c(Cl)cccc3Cl)nc2C(N)=O)cc1. The van der Waals surface area contributed by atoms with Crippen molar-refractivity contribution in [1.82, 2.24) is 9.78 Å². The van der Waals surface area contributed by atoms with Crippen molar-refractivity contribution in [3.05, 3.63) is 70.0 Å². The molecule has 0 radical (unpaired) electrons. The van der Waals surface area contributed by atoms with Gasteiger partial charge in [-0.05, 0) is 36.4 Å². The zero-order valence-corrected chi connectivity index (χ0v) is 17.7. The fourth-order valence-corrected chi connectivity index (χ4v) is 3.33. The van der Waals surface area contributed by atoms with Crippen LogP contribution >= 0.6 is 23.2 Å². The second-order valence-electron chi connectivity index (χ2n) is 7.55. The fourth-order valence-electron chi connectivity index (χ4n) is 2.76. The van der Waals surface area contributed by atoms with Gasteiger partial charge in [0, 0.05) is 16.7 Å². The Bertz CT molecular complexity index is 1060. The van der Waals surface area contributed by atoms with Crippen LogP contribution < -0.4 is 11.1 Å². The van der Waals surface area contributed by atoms with Crippen LogP contribution in [0.4, 0.5) is 11.4 Å². The maximum Gasteiger partial charge on any atom is 0.271 e. The van der Waals surface area contributed by atoms with Crippen LogP contribution in [-0.4, -0.2) is 21.5 Å². The number of Topliss-reactive ketones (excluding diaryl/α,β-unsaturated/α-hetero) is 1. The van der Waals surface area contributed by atoms with Crippen LogP contribution in [0, 0.1) is 5.41 Å². The van der Waals surface area contributed by atoms with Crippen LogP contribution in [0.5, 0.6) is 0 Å². The van der Waals surface area contributed by atoms with Gasteiger partial charge in [0.25, 0.3) is 5.91 Å². The molecule has 3 rings (SSSR count). The molecule has 0 unspecified atom stereocenters. The molecule has 0 atom stereocenters. The first kappa shape index (κ1) is 20.9. The predicted molar refractivity (Wildman–Crippen MR) is 116 cm³/mol. The van der Waals surface area contributed by atoms with Gasteiger partial charge in [0.05, 0.1) is 21.9 Å². The largest absolute Gasteiger partial charge is 0.364 e. The highest BCUT2D eigenvalue weighted by Crippen LogP contribution is 2.30. The molecule has 3 N–H and O–H groups in total. The zero-order valence-electron chi connectivity index (χ0n) is 16.2. The van der Waals surface area contributed by atoms with Crippen molar-refractivity contribution in [3.8, 4) is 5.69 Å². The van der Waals surface area contributed by atoms with E-state index in [2.05, 4.69) is 10.4 Å². The summed E-state index contributed by atoms with van der Waals surface area (Å²) in [5.74, 6) is -0.656. The standard InChI is InChI=1S/C21H20Cl2N4O2/c1-21(2,3)19(28)12-7-9-13(10-8-12)25-16-11-27(26-17(16)20(24)29)18-14(22)5-4-6-15(18)23/h4-11,25H,1-3H3,(H2,24,29). The van der Waals surface area contributed by atoms with Crippen molar-refractivity contribution >= 4 is 46.3 Å². The number of nitrogens with two attached hydrogens (primary N) is 1. The Labute approximate surface area is 178 Å². The van der Waals surface area contributed by atoms with Gasteiger partial charge in [0.2, 0.25) is 0 Å². The second-order valence-corrected chi connectivity index (χ2v) is 8.37. The highest BCUT2D eigenvalue weighted by atomic mass is 35.5. The molecule has 0 aliphatic heterocycles. The number of nitrogens with one attached hydrogen (secondary N) is 1. The minimum atomic E-state index is -0.700. The first-order valence-corrected chi connectivity index (χ1v) is 9.59. The Morgan fingerprint density at radius 3 is 2.14 bits per heavy atom. The summed E-state index contributed by atoms with van der Waals surface area (Å²) >= 11 is 12.5. The summed E-state index contributed by atoms with van der Waals surface area (Å²) in [7, 11) is 0. The fraction of sp³-hybridized carbons (Fsp3) is 0.190. The van der Waals surface area contributed by atoms with Crippen molar-refractivity contribution in [2.45, 2.75) is 20.8 Å². The molecule has 0 saturated heterocycles. The van der Waals surface area contributed by atoms with Gasteiger partial charge in [-0.2, -0.15) is 5.10 Å². The highest BCUT2D eigenvalue weighted by Gasteiger charge is 2.23. The number of para-hydroxylation sites is 1. The molecule has 0 saturated carbocycles. The Kier molecular flexibility index (Phi) is 5.68. The molecule has 6 nitrogen and oxygen atoms in total. The van der Waals surface area contributed by atoms with Crippen LogP contribution in [0.1, 0.15) is 41.6 Å². The monoisotopic (exact) mass is 430 g/mol. The summed E-state index contributed by atoms with van der Waals surface area (Å²) in [4.78, 5) is 24.3. The summed E-state index contributed by atoms with van der Waals surface area (Å²) in [6, 6.07) is 12.0. The van der Waals surface area contributed by atoms with Crippen molar-refractivity contribution in [2.75, 3.05) is 5.32 Å². The van der Waals surface area contributed by atoms with Crippen LogP contribution in [0.2, 0.25) is 10.0 Å². The van der Waals surface area contributed by atoms with Crippen molar-refractivity contribution in [3.63, 3.8) is 0 Å². The number of anilines is 2. The van der Waals surface area contributed by atoms with E-state index in [1.54, 1.807) is 48.7 Å². The minimum absolute atomic E-state index is 0.0378. The maximum absolute atomic E-state index is 12.4. The van der Waals surface area contributed by atoms with Gasteiger partial charge in [-0.3, -0.25) is 9.59 Å². The molecule has 29 heavy (non-hydrogen) atoms. The van der Waals surface area contributed by atoms with E-state index in [0.29, 0.717) is 32.7 Å². The van der Waals surface area contributed by atoms with Crippen LogP contribution in [-0.2, 0) is 0 Å². The lowest BCUT2D eigenvalue weighted by atomic mass is 9.86. The summed E-state index contributed by atoms with van der Waals surface area (Å²) < 4.78 is 1.41. The summed E-state index contributed by atoms with van der Waals surface area (Å²) in [6.07, 6.45) is 1.58. The molecule has 1 aromatic heterocycles.